The minimum Gasteiger partial charge on any atom is -0.334 e. The van der Waals surface area contributed by atoms with Crippen LogP contribution in [0.5, 0.6) is 0 Å². The van der Waals surface area contributed by atoms with Gasteiger partial charge in [-0.1, -0.05) is 19.0 Å². The van der Waals surface area contributed by atoms with Crippen molar-refractivity contribution >= 4 is 10.0 Å². The Morgan fingerprint density at radius 3 is 2.27 bits per heavy atom. The highest BCUT2D eigenvalue weighted by atomic mass is 32.2. The second-order valence-electron chi connectivity index (χ2n) is 6.86. The van der Waals surface area contributed by atoms with Crippen LogP contribution >= 0.6 is 0 Å². The molecule has 2 aromatic rings. The smallest absolute Gasteiger partial charge is 0.257 e. The summed E-state index contributed by atoms with van der Waals surface area (Å²) in [6.45, 7) is 4.98. The summed E-state index contributed by atoms with van der Waals surface area (Å²) in [5, 5.41) is 4.00. The Morgan fingerprint density at radius 2 is 1.77 bits per heavy atom. The summed E-state index contributed by atoms with van der Waals surface area (Å²) in [4.78, 5) is 4.67. The van der Waals surface area contributed by atoms with E-state index >= 15 is 0 Å². The molecule has 7 nitrogen and oxygen atoms in total. The topological polar surface area (TPSA) is 102 Å². The molecule has 0 saturated heterocycles. The third-order valence-corrected chi connectivity index (χ3v) is 6.72. The SMILES string of the molecule is CCCN(CCC)S(=O)(=O)c1ccc(-c2nc(C3(N)CCC3)no2)cc1. The standard InChI is InChI=1S/C18H26N4O3S/c1-3-12-22(13-4-2)26(23,24)15-8-6-14(7-9-15)16-20-17(21-25-16)18(19)10-5-11-18/h6-9H,3-5,10-13,19H2,1-2H3. The van der Waals surface area contributed by atoms with E-state index in [9.17, 15) is 8.42 Å². The molecule has 1 heterocycles. The van der Waals surface area contributed by atoms with Crippen LogP contribution in [-0.2, 0) is 15.6 Å². The quantitative estimate of drug-likeness (QED) is 0.758. The van der Waals surface area contributed by atoms with Gasteiger partial charge in [0.05, 0.1) is 10.4 Å². The molecule has 1 aliphatic rings. The number of hydrogen-bond donors (Lipinski definition) is 1. The summed E-state index contributed by atoms with van der Waals surface area (Å²) in [6.07, 6.45) is 4.34. The molecule has 0 aliphatic heterocycles. The lowest BCUT2D eigenvalue weighted by atomic mass is 9.77. The second-order valence-corrected chi connectivity index (χ2v) is 8.80. The first kappa shape index (κ1) is 19.0. The van der Waals surface area contributed by atoms with E-state index in [-0.39, 0.29) is 4.90 Å². The maximum Gasteiger partial charge on any atom is 0.257 e. The van der Waals surface area contributed by atoms with Gasteiger partial charge >= 0.3 is 0 Å². The van der Waals surface area contributed by atoms with Crippen molar-refractivity contribution in [3.63, 3.8) is 0 Å². The van der Waals surface area contributed by atoms with E-state index in [1.807, 2.05) is 13.8 Å². The predicted octanol–water partition coefficient (Wildman–Crippen LogP) is 2.89. The molecule has 1 saturated carbocycles. The van der Waals surface area contributed by atoms with Crippen LogP contribution in [0.2, 0.25) is 0 Å². The van der Waals surface area contributed by atoms with Gasteiger partial charge in [-0.2, -0.15) is 9.29 Å². The zero-order chi connectivity index (χ0) is 18.8. The third kappa shape index (κ3) is 3.54. The summed E-state index contributed by atoms with van der Waals surface area (Å²) in [7, 11) is -3.49. The lowest BCUT2D eigenvalue weighted by Gasteiger charge is -2.34. The Kier molecular flexibility index (Phi) is 5.45. The molecule has 0 amide bonds. The van der Waals surface area contributed by atoms with E-state index in [4.69, 9.17) is 10.3 Å². The zero-order valence-electron chi connectivity index (χ0n) is 15.3. The van der Waals surface area contributed by atoms with Crippen LogP contribution in [0.3, 0.4) is 0 Å². The minimum atomic E-state index is -3.49. The number of nitrogens with two attached hydrogens (primary N) is 1. The Labute approximate surface area is 154 Å². The molecule has 26 heavy (non-hydrogen) atoms. The van der Waals surface area contributed by atoms with Gasteiger partial charge in [0, 0.05) is 18.7 Å². The van der Waals surface area contributed by atoms with E-state index in [1.165, 1.54) is 4.31 Å². The molecule has 0 atom stereocenters. The van der Waals surface area contributed by atoms with Crippen molar-refractivity contribution in [2.24, 2.45) is 5.73 Å². The zero-order valence-corrected chi connectivity index (χ0v) is 16.1. The fraction of sp³-hybridized carbons (Fsp3) is 0.556. The summed E-state index contributed by atoms with van der Waals surface area (Å²) >= 11 is 0. The van der Waals surface area contributed by atoms with Crippen LogP contribution in [0.1, 0.15) is 51.8 Å². The monoisotopic (exact) mass is 378 g/mol. The number of hydrogen-bond acceptors (Lipinski definition) is 6. The van der Waals surface area contributed by atoms with Crippen LogP contribution in [0, 0.1) is 0 Å². The number of nitrogens with zero attached hydrogens (tertiary/aromatic N) is 3. The molecular weight excluding hydrogens is 352 g/mol. The minimum absolute atomic E-state index is 0.275. The molecule has 1 aromatic heterocycles. The van der Waals surface area contributed by atoms with Crippen molar-refractivity contribution in [1.29, 1.82) is 0 Å². The molecule has 3 rings (SSSR count). The molecule has 0 radical (unpaired) electrons. The van der Waals surface area contributed by atoms with Crippen LogP contribution in [0.25, 0.3) is 11.5 Å². The summed E-state index contributed by atoms with van der Waals surface area (Å²) < 4.78 is 32.5. The van der Waals surface area contributed by atoms with Gasteiger partial charge in [0.15, 0.2) is 5.82 Å². The second kappa shape index (κ2) is 7.46. The molecule has 142 valence electrons. The van der Waals surface area contributed by atoms with Crippen LogP contribution in [0.4, 0.5) is 0 Å². The molecule has 1 aliphatic carbocycles. The largest absolute Gasteiger partial charge is 0.334 e. The lowest BCUT2D eigenvalue weighted by Crippen LogP contribution is -2.44. The Balaban J connectivity index is 1.82. The first-order valence-electron chi connectivity index (χ1n) is 9.14. The molecule has 0 bridgehead atoms. The number of aromatic nitrogens is 2. The van der Waals surface area contributed by atoms with Crippen LogP contribution < -0.4 is 5.73 Å². The third-order valence-electron chi connectivity index (χ3n) is 4.80. The summed E-state index contributed by atoms with van der Waals surface area (Å²) in [5.74, 6) is 0.882. The number of rotatable bonds is 8. The highest BCUT2D eigenvalue weighted by molar-refractivity contribution is 7.89. The van der Waals surface area contributed by atoms with Gasteiger partial charge in [-0.15, -0.1) is 0 Å². The van der Waals surface area contributed by atoms with Gasteiger partial charge in [-0.25, -0.2) is 8.42 Å². The van der Waals surface area contributed by atoms with Gasteiger partial charge in [-0.05, 0) is 56.4 Å². The molecule has 1 aromatic carbocycles. The van der Waals surface area contributed by atoms with E-state index in [0.29, 0.717) is 30.4 Å². The summed E-state index contributed by atoms with van der Waals surface area (Å²) in [6, 6.07) is 6.58. The van der Waals surface area contributed by atoms with Crippen molar-refractivity contribution < 1.29 is 12.9 Å². The van der Waals surface area contributed by atoms with Crippen molar-refractivity contribution in [2.45, 2.75) is 56.4 Å². The maximum atomic E-state index is 12.8. The van der Waals surface area contributed by atoms with Gasteiger partial charge in [-0.3, -0.25) is 0 Å². The molecular formula is C18H26N4O3S. The van der Waals surface area contributed by atoms with Gasteiger partial charge in [0.25, 0.3) is 5.89 Å². The van der Waals surface area contributed by atoms with Gasteiger partial charge in [0.1, 0.15) is 0 Å². The number of sulfonamides is 1. The van der Waals surface area contributed by atoms with Crippen molar-refractivity contribution in [1.82, 2.24) is 14.4 Å². The summed E-state index contributed by atoms with van der Waals surface area (Å²) in [5.41, 5.74) is 6.42. The van der Waals surface area contributed by atoms with E-state index in [1.54, 1.807) is 24.3 Å². The first-order valence-corrected chi connectivity index (χ1v) is 10.6. The maximum absolute atomic E-state index is 12.8. The first-order chi connectivity index (χ1) is 12.4. The molecule has 2 N–H and O–H groups in total. The molecule has 8 heteroatoms. The van der Waals surface area contributed by atoms with Crippen molar-refractivity contribution in [2.75, 3.05) is 13.1 Å². The highest BCUT2D eigenvalue weighted by Gasteiger charge is 2.39. The Hall–Kier alpha value is -1.77. The van der Waals surface area contributed by atoms with E-state index < -0.39 is 15.6 Å². The Morgan fingerprint density at radius 1 is 1.15 bits per heavy atom. The lowest BCUT2D eigenvalue weighted by molar-refractivity contribution is 0.229. The molecule has 0 unspecified atom stereocenters. The van der Waals surface area contributed by atoms with Crippen LogP contribution in [-0.4, -0.2) is 36.0 Å². The molecule has 0 spiro atoms. The van der Waals surface area contributed by atoms with Crippen molar-refractivity contribution in [3.05, 3.63) is 30.1 Å². The predicted molar refractivity (Wildman–Crippen MR) is 98.8 cm³/mol. The fourth-order valence-electron chi connectivity index (χ4n) is 3.09. The average molecular weight is 378 g/mol. The van der Waals surface area contributed by atoms with Crippen molar-refractivity contribution in [3.8, 4) is 11.5 Å². The van der Waals surface area contributed by atoms with Gasteiger partial charge < -0.3 is 10.3 Å². The number of benzene rings is 1. The van der Waals surface area contributed by atoms with E-state index in [0.717, 1.165) is 32.1 Å². The normalized spacial score (nSPS) is 16.6. The molecule has 1 fully saturated rings. The Bertz CT molecular complexity index is 836. The average Bonchev–Trinajstić information content (AvgIpc) is 3.10. The van der Waals surface area contributed by atoms with Gasteiger partial charge in [0.2, 0.25) is 10.0 Å². The fourth-order valence-corrected chi connectivity index (χ4v) is 4.72. The highest BCUT2D eigenvalue weighted by Crippen LogP contribution is 2.37. The van der Waals surface area contributed by atoms with E-state index in [2.05, 4.69) is 10.1 Å². The van der Waals surface area contributed by atoms with Crippen LogP contribution in [0.15, 0.2) is 33.7 Å².